The molecular weight excluding hydrogens is 262 g/mol. The van der Waals surface area contributed by atoms with E-state index in [1.807, 2.05) is 19.9 Å². The summed E-state index contributed by atoms with van der Waals surface area (Å²) >= 11 is 0. The summed E-state index contributed by atoms with van der Waals surface area (Å²) in [5.41, 5.74) is 0.418. The normalized spacial score (nSPS) is 12.7. The maximum Gasteiger partial charge on any atom is 0.153 e. The topological polar surface area (TPSA) is 67.2 Å². The predicted molar refractivity (Wildman–Crippen MR) is 74.8 cm³/mol. The highest BCUT2D eigenvalue weighted by Gasteiger charge is 2.15. The molecule has 5 heteroatoms. The molecule has 0 radical (unpaired) electrons. The number of hydrogen-bond donors (Lipinski definition) is 0. The van der Waals surface area contributed by atoms with Gasteiger partial charge in [0, 0.05) is 0 Å². The molecule has 0 spiro atoms. The van der Waals surface area contributed by atoms with Crippen LogP contribution in [0.15, 0.2) is 24.3 Å². The summed E-state index contributed by atoms with van der Waals surface area (Å²) in [7, 11) is -3.09. The minimum atomic E-state index is -3.09. The molecule has 1 unspecified atom stereocenters. The highest BCUT2D eigenvalue weighted by atomic mass is 32.2. The van der Waals surface area contributed by atoms with E-state index in [-0.39, 0.29) is 24.0 Å². The van der Waals surface area contributed by atoms with Gasteiger partial charge in [0.2, 0.25) is 0 Å². The van der Waals surface area contributed by atoms with E-state index in [9.17, 15) is 8.42 Å². The molecule has 104 valence electrons. The number of rotatable bonds is 7. The third kappa shape index (κ3) is 5.31. The zero-order chi connectivity index (χ0) is 14.3. The fourth-order valence-electron chi connectivity index (χ4n) is 1.60. The quantitative estimate of drug-likeness (QED) is 0.769. The van der Waals surface area contributed by atoms with Crippen LogP contribution in [0.4, 0.5) is 0 Å². The van der Waals surface area contributed by atoms with Crippen LogP contribution in [-0.2, 0) is 9.84 Å². The number of hydrogen-bond acceptors (Lipinski definition) is 4. The van der Waals surface area contributed by atoms with Crippen LogP contribution in [0.1, 0.15) is 25.8 Å². The number of para-hydroxylation sites is 1. The van der Waals surface area contributed by atoms with Crippen LogP contribution in [0, 0.1) is 17.2 Å². The van der Waals surface area contributed by atoms with E-state index < -0.39 is 9.84 Å². The lowest BCUT2D eigenvalue weighted by molar-refractivity contribution is 0.339. The minimum absolute atomic E-state index is 0.0168. The molecule has 1 atom stereocenters. The molecule has 0 fully saturated rings. The molecule has 0 heterocycles. The van der Waals surface area contributed by atoms with Crippen molar-refractivity contribution in [3.8, 4) is 11.8 Å². The molecule has 0 aliphatic heterocycles. The lowest BCUT2D eigenvalue weighted by Gasteiger charge is -2.11. The maximum absolute atomic E-state index is 11.8. The fourth-order valence-corrected chi connectivity index (χ4v) is 3.20. The van der Waals surface area contributed by atoms with Crippen LogP contribution in [-0.4, -0.2) is 26.5 Å². The molecule has 0 amide bonds. The largest absolute Gasteiger partial charge is 0.491 e. The third-order valence-electron chi connectivity index (χ3n) is 2.89. The second kappa shape index (κ2) is 7.15. The number of ether oxygens (including phenoxy) is 1. The first kappa shape index (κ1) is 15.5. The van der Waals surface area contributed by atoms with Crippen molar-refractivity contribution in [1.29, 1.82) is 5.26 Å². The Bertz CT molecular complexity index is 546. The summed E-state index contributed by atoms with van der Waals surface area (Å²) in [5.74, 6) is 0.768. The summed E-state index contributed by atoms with van der Waals surface area (Å²) in [5, 5.41) is 8.88. The molecule has 0 aliphatic carbocycles. The van der Waals surface area contributed by atoms with Gasteiger partial charge < -0.3 is 4.74 Å². The molecule has 0 bridgehead atoms. The van der Waals surface area contributed by atoms with Gasteiger partial charge in [0.1, 0.15) is 18.4 Å². The average Bonchev–Trinajstić information content (AvgIpc) is 2.38. The van der Waals surface area contributed by atoms with Gasteiger partial charge in [0.05, 0.1) is 17.1 Å². The van der Waals surface area contributed by atoms with E-state index in [0.717, 1.165) is 6.42 Å². The molecule has 19 heavy (non-hydrogen) atoms. The van der Waals surface area contributed by atoms with Crippen LogP contribution in [0.25, 0.3) is 0 Å². The smallest absolute Gasteiger partial charge is 0.153 e. The average molecular weight is 281 g/mol. The fraction of sp³-hybridized carbons (Fsp3) is 0.500. The third-order valence-corrected chi connectivity index (χ3v) is 4.76. The Morgan fingerprint density at radius 1 is 1.37 bits per heavy atom. The Labute approximate surface area is 114 Å². The number of sulfone groups is 1. The van der Waals surface area contributed by atoms with E-state index >= 15 is 0 Å². The van der Waals surface area contributed by atoms with E-state index in [1.165, 1.54) is 0 Å². The SMILES string of the molecule is CCC(C)CS(=O)(=O)CCOc1ccccc1C#N. The Hall–Kier alpha value is -1.54. The summed E-state index contributed by atoms with van der Waals surface area (Å²) in [6.07, 6.45) is 0.845. The van der Waals surface area contributed by atoms with Crippen molar-refractivity contribution < 1.29 is 13.2 Å². The first-order valence-corrected chi connectivity index (χ1v) is 8.13. The van der Waals surface area contributed by atoms with Gasteiger partial charge in [-0.1, -0.05) is 32.4 Å². The number of nitrogens with zero attached hydrogens (tertiary/aromatic N) is 1. The zero-order valence-corrected chi connectivity index (χ0v) is 12.1. The molecule has 1 aromatic rings. The van der Waals surface area contributed by atoms with Gasteiger partial charge in [-0.15, -0.1) is 0 Å². The van der Waals surface area contributed by atoms with Gasteiger partial charge in [-0.05, 0) is 18.1 Å². The van der Waals surface area contributed by atoms with Crippen LogP contribution in [0.5, 0.6) is 5.75 Å². The summed E-state index contributed by atoms with van der Waals surface area (Å²) in [6.45, 7) is 3.97. The van der Waals surface area contributed by atoms with Gasteiger partial charge in [0.15, 0.2) is 9.84 Å². The van der Waals surface area contributed by atoms with Crippen molar-refractivity contribution in [2.24, 2.45) is 5.92 Å². The monoisotopic (exact) mass is 281 g/mol. The molecule has 0 aliphatic rings. The molecule has 0 saturated heterocycles. The van der Waals surface area contributed by atoms with Crippen molar-refractivity contribution in [3.05, 3.63) is 29.8 Å². The molecule has 4 nitrogen and oxygen atoms in total. The summed E-state index contributed by atoms with van der Waals surface area (Å²) in [6, 6.07) is 8.81. The second-order valence-corrected chi connectivity index (χ2v) is 6.81. The molecule has 1 aromatic carbocycles. The first-order chi connectivity index (χ1) is 8.98. The number of nitriles is 1. The van der Waals surface area contributed by atoms with Gasteiger partial charge in [-0.25, -0.2) is 8.42 Å². The van der Waals surface area contributed by atoms with Gasteiger partial charge >= 0.3 is 0 Å². The Morgan fingerprint density at radius 3 is 2.68 bits per heavy atom. The van der Waals surface area contributed by atoms with Crippen molar-refractivity contribution in [2.75, 3.05) is 18.1 Å². The Kier molecular flexibility index (Phi) is 5.84. The molecular formula is C14H19NO3S. The van der Waals surface area contributed by atoms with E-state index in [1.54, 1.807) is 24.3 Å². The number of benzene rings is 1. The minimum Gasteiger partial charge on any atom is -0.491 e. The molecule has 0 aromatic heterocycles. The van der Waals surface area contributed by atoms with E-state index in [0.29, 0.717) is 11.3 Å². The van der Waals surface area contributed by atoms with Gasteiger partial charge in [-0.2, -0.15) is 5.26 Å². The van der Waals surface area contributed by atoms with Crippen molar-refractivity contribution in [1.82, 2.24) is 0 Å². The highest BCUT2D eigenvalue weighted by Crippen LogP contribution is 2.16. The van der Waals surface area contributed by atoms with Crippen LogP contribution in [0.2, 0.25) is 0 Å². The standard InChI is InChI=1S/C14H19NO3S/c1-3-12(2)11-19(16,17)9-8-18-14-7-5-4-6-13(14)10-15/h4-7,12H,3,8-9,11H2,1-2H3. The van der Waals surface area contributed by atoms with Crippen LogP contribution >= 0.6 is 0 Å². The predicted octanol–water partition coefficient (Wildman–Crippen LogP) is 2.40. The van der Waals surface area contributed by atoms with E-state index in [2.05, 4.69) is 0 Å². The van der Waals surface area contributed by atoms with E-state index in [4.69, 9.17) is 10.00 Å². The lowest BCUT2D eigenvalue weighted by Crippen LogP contribution is -2.21. The molecule has 0 N–H and O–H groups in total. The van der Waals surface area contributed by atoms with Gasteiger partial charge in [-0.3, -0.25) is 0 Å². The van der Waals surface area contributed by atoms with Gasteiger partial charge in [0.25, 0.3) is 0 Å². The summed E-state index contributed by atoms with van der Waals surface area (Å²) < 4.78 is 29.0. The lowest BCUT2D eigenvalue weighted by atomic mass is 10.2. The maximum atomic E-state index is 11.8. The summed E-state index contributed by atoms with van der Waals surface area (Å²) in [4.78, 5) is 0. The van der Waals surface area contributed by atoms with Crippen molar-refractivity contribution in [2.45, 2.75) is 20.3 Å². The molecule has 1 rings (SSSR count). The van der Waals surface area contributed by atoms with Crippen LogP contribution < -0.4 is 4.74 Å². The Morgan fingerprint density at radius 2 is 2.05 bits per heavy atom. The second-order valence-electron chi connectivity index (χ2n) is 4.58. The Balaban J connectivity index is 2.53. The first-order valence-electron chi connectivity index (χ1n) is 6.31. The van der Waals surface area contributed by atoms with Crippen molar-refractivity contribution >= 4 is 9.84 Å². The van der Waals surface area contributed by atoms with Crippen LogP contribution in [0.3, 0.4) is 0 Å². The molecule has 0 saturated carbocycles. The zero-order valence-electron chi connectivity index (χ0n) is 11.3. The van der Waals surface area contributed by atoms with Crippen molar-refractivity contribution in [3.63, 3.8) is 0 Å². The highest BCUT2D eigenvalue weighted by molar-refractivity contribution is 7.91.